The standard InChI is InChI=1S/C17H25N3O/c1-5-10-18-15(12(2)3)11-16-19-17(20-21-16)14-9-7-6-8-13(14)4/h6-9,12,15,18H,5,10-11H2,1-4H3. The van der Waals surface area contributed by atoms with E-state index in [1.54, 1.807) is 0 Å². The van der Waals surface area contributed by atoms with Crippen LogP contribution in [0.25, 0.3) is 11.4 Å². The lowest BCUT2D eigenvalue weighted by molar-refractivity contribution is 0.326. The lowest BCUT2D eigenvalue weighted by atomic mass is 10.0. The van der Waals surface area contributed by atoms with Gasteiger partial charge in [-0.1, -0.05) is 50.2 Å². The van der Waals surface area contributed by atoms with E-state index in [1.807, 2.05) is 18.2 Å². The van der Waals surface area contributed by atoms with Crippen LogP contribution in [-0.2, 0) is 6.42 Å². The predicted molar refractivity (Wildman–Crippen MR) is 85.1 cm³/mol. The summed E-state index contributed by atoms with van der Waals surface area (Å²) in [4.78, 5) is 4.55. The molecule has 0 fully saturated rings. The van der Waals surface area contributed by atoms with Crippen molar-refractivity contribution in [1.29, 1.82) is 0 Å². The predicted octanol–water partition coefficient (Wildman–Crippen LogP) is 3.61. The van der Waals surface area contributed by atoms with Crippen LogP contribution in [0.1, 0.15) is 38.6 Å². The fraction of sp³-hybridized carbons (Fsp3) is 0.529. The molecule has 0 amide bonds. The number of rotatable bonds is 7. The van der Waals surface area contributed by atoms with Crippen molar-refractivity contribution in [1.82, 2.24) is 15.5 Å². The number of hydrogen-bond acceptors (Lipinski definition) is 4. The molecule has 114 valence electrons. The molecular weight excluding hydrogens is 262 g/mol. The minimum absolute atomic E-state index is 0.370. The molecule has 0 bridgehead atoms. The molecule has 1 aromatic heterocycles. The second-order valence-electron chi connectivity index (χ2n) is 5.84. The van der Waals surface area contributed by atoms with Crippen LogP contribution in [0.15, 0.2) is 28.8 Å². The van der Waals surface area contributed by atoms with Crippen molar-refractivity contribution in [2.75, 3.05) is 6.54 Å². The van der Waals surface area contributed by atoms with Gasteiger partial charge in [0.1, 0.15) is 0 Å². The van der Waals surface area contributed by atoms with E-state index in [4.69, 9.17) is 4.52 Å². The molecule has 1 aromatic carbocycles. The first-order valence-electron chi connectivity index (χ1n) is 7.73. The number of hydrogen-bond donors (Lipinski definition) is 1. The average Bonchev–Trinajstić information content (AvgIpc) is 2.92. The molecule has 1 N–H and O–H groups in total. The third-order valence-electron chi connectivity index (χ3n) is 3.71. The molecule has 0 spiro atoms. The van der Waals surface area contributed by atoms with Gasteiger partial charge < -0.3 is 9.84 Å². The van der Waals surface area contributed by atoms with E-state index in [2.05, 4.69) is 49.2 Å². The van der Waals surface area contributed by atoms with Crippen molar-refractivity contribution in [3.8, 4) is 11.4 Å². The Morgan fingerprint density at radius 2 is 2.00 bits per heavy atom. The quantitative estimate of drug-likeness (QED) is 0.845. The molecule has 0 saturated carbocycles. The first-order valence-corrected chi connectivity index (χ1v) is 7.73. The molecule has 2 aromatic rings. The van der Waals surface area contributed by atoms with Gasteiger partial charge in [0.05, 0.1) is 0 Å². The Labute approximate surface area is 127 Å². The van der Waals surface area contributed by atoms with Gasteiger partial charge in [0.25, 0.3) is 0 Å². The van der Waals surface area contributed by atoms with E-state index < -0.39 is 0 Å². The number of nitrogens with zero attached hydrogens (tertiary/aromatic N) is 2. The van der Waals surface area contributed by atoms with Crippen LogP contribution in [0.5, 0.6) is 0 Å². The summed E-state index contributed by atoms with van der Waals surface area (Å²) in [6.07, 6.45) is 1.90. The van der Waals surface area contributed by atoms with Crippen LogP contribution in [0.3, 0.4) is 0 Å². The summed E-state index contributed by atoms with van der Waals surface area (Å²) in [5.41, 5.74) is 2.20. The number of aryl methyl sites for hydroxylation is 1. The molecule has 1 atom stereocenters. The number of benzene rings is 1. The summed E-state index contributed by atoms with van der Waals surface area (Å²) < 4.78 is 5.43. The highest BCUT2D eigenvalue weighted by Gasteiger charge is 2.18. The molecule has 0 aliphatic carbocycles. The van der Waals surface area contributed by atoms with Gasteiger partial charge in [0.2, 0.25) is 11.7 Å². The minimum Gasteiger partial charge on any atom is -0.339 e. The average molecular weight is 287 g/mol. The summed E-state index contributed by atoms with van der Waals surface area (Å²) in [5.74, 6) is 1.92. The van der Waals surface area contributed by atoms with Gasteiger partial charge in [-0.25, -0.2) is 0 Å². The van der Waals surface area contributed by atoms with Gasteiger partial charge in [-0.2, -0.15) is 4.98 Å². The van der Waals surface area contributed by atoms with Gasteiger partial charge in [-0.15, -0.1) is 0 Å². The van der Waals surface area contributed by atoms with Gasteiger partial charge in [0, 0.05) is 18.0 Å². The van der Waals surface area contributed by atoms with Crippen molar-refractivity contribution in [2.24, 2.45) is 5.92 Å². The zero-order valence-corrected chi connectivity index (χ0v) is 13.4. The molecule has 4 nitrogen and oxygen atoms in total. The first kappa shape index (κ1) is 15.7. The number of aromatic nitrogens is 2. The van der Waals surface area contributed by atoms with Crippen molar-refractivity contribution < 1.29 is 4.52 Å². The third kappa shape index (κ3) is 4.14. The van der Waals surface area contributed by atoms with Crippen LogP contribution >= 0.6 is 0 Å². The van der Waals surface area contributed by atoms with E-state index in [-0.39, 0.29) is 0 Å². The van der Waals surface area contributed by atoms with Crippen LogP contribution in [0.2, 0.25) is 0 Å². The SMILES string of the molecule is CCCNC(Cc1nc(-c2ccccc2C)no1)C(C)C. The normalized spacial score (nSPS) is 12.8. The Kier molecular flexibility index (Phi) is 5.51. The van der Waals surface area contributed by atoms with E-state index in [1.165, 1.54) is 0 Å². The fourth-order valence-corrected chi connectivity index (χ4v) is 2.33. The fourth-order valence-electron chi connectivity index (χ4n) is 2.33. The second kappa shape index (κ2) is 7.36. The van der Waals surface area contributed by atoms with Crippen LogP contribution in [0, 0.1) is 12.8 Å². The molecule has 1 unspecified atom stereocenters. The molecule has 0 radical (unpaired) electrons. The van der Waals surface area contributed by atoms with E-state index in [9.17, 15) is 0 Å². The summed E-state index contributed by atoms with van der Waals surface area (Å²) >= 11 is 0. The lowest BCUT2D eigenvalue weighted by Crippen LogP contribution is -2.36. The van der Waals surface area contributed by atoms with Crippen LogP contribution in [-0.4, -0.2) is 22.7 Å². The van der Waals surface area contributed by atoms with Gasteiger partial charge in [-0.3, -0.25) is 0 Å². The summed E-state index contributed by atoms with van der Waals surface area (Å²) in [6.45, 7) is 9.68. The molecule has 0 saturated heterocycles. The zero-order chi connectivity index (χ0) is 15.2. The molecule has 0 aliphatic rings. The van der Waals surface area contributed by atoms with Crippen molar-refractivity contribution in [3.63, 3.8) is 0 Å². The molecule has 2 rings (SSSR count). The molecular formula is C17H25N3O. The highest BCUT2D eigenvalue weighted by atomic mass is 16.5. The van der Waals surface area contributed by atoms with E-state index >= 15 is 0 Å². The van der Waals surface area contributed by atoms with Gasteiger partial charge >= 0.3 is 0 Å². The monoisotopic (exact) mass is 287 g/mol. The molecule has 4 heteroatoms. The van der Waals surface area contributed by atoms with E-state index in [0.717, 1.165) is 30.5 Å². The second-order valence-corrected chi connectivity index (χ2v) is 5.84. The van der Waals surface area contributed by atoms with Crippen molar-refractivity contribution >= 4 is 0 Å². The minimum atomic E-state index is 0.370. The van der Waals surface area contributed by atoms with E-state index in [0.29, 0.717) is 23.7 Å². The third-order valence-corrected chi connectivity index (χ3v) is 3.71. The smallest absolute Gasteiger partial charge is 0.228 e. The van der Waals surface area contributed by atoms with Crippen LogP contribution in [0.4, 0.5) is 0 Å². The Bertz CT molecular complexity index is 563. The lowest BCUT2D eigenvalue weighted by Gasteiger charge is -2.20. The Morgan fingerprint density at radius 1 is 1.24 bits per heavy atom. The maximum absolute atomic E-state index is 5.43. The Morgan fingerprint density at radius 3 is 2.67 bits per heavy atom. The molecule has 21 heavy (non-hydrogen) atoms. The Balaban J connectivity index is 2.10. The molecule has 1 heterocycles. The highest BCUT2D eigenvalue weighted by Crippen LogP contribution is 2.20. The largest absolute Gasteiger partial charge is 0.339 e. The van der Waals surface area contributed by atoms with Gasteiger partial charge in [-0.05, 0) is 31.4 Å². The number of nitrogens with one attached hydrogen (secondary N) is 1. The van der Waals surface area contributed by atoms with Crippen molar-refractivity contribution in [2.45, 2.75) is 46.6 Å². The molecule has 0 aliphatic heterocycles. The summed E-state index contributed by atoms with van der Waals surface area (Å²) in [5, 5.41) is 7.68. The van der Waals surface area contributed by atoms with Crippen molar-refractivity contribution in [3.05, 3.63) is 35.7 Å². The van der Waals surface area contributed by atoms with Crippen LogP contribution < -0.4 is 5.32 Å². The summed E-state index contributed by atoms with van der Waals surface area (Å²) in [6, 6.07) is 8.47. The Hall–Kier alpha value is -1.68. The zero-order valence-electron chi connectivity index (χ0n) is 13.4. The van der Waals surface area contributed by atoms with Gasteiger partial charge in [0.15, 0.2) is 0 Å². The highest BCUT2D eigenvalue weighted by molar-refractivity contribution is 5.58. The first-order chi connectivity index (χ1) is 10.1. The summed E-state index contributed by atoms with van der Waals surface area (Å²) in [7, 11) is 0. The maximum Gasteiger partial charge on any atom is 0.228 e. The maximum atomic E-state index is 5.43. The topological polar surface area (TPSA) is 51.0 Å².